The summed E-state index contributed by atoms with van der Waals surface area (Å²) in [7, 11) is 4.89. The number of rotatable bonds is 19. The third-order valence-electron chi connectivity index (χ3n) is 5.65. The van der Waals surface area contributed by atoms with E-state index in [0.717, 1.165) is 23.5 Å². The molecular formula is C27H45NO3S. The van der Waals surface area contributed by atoms with E-state index in [1.54, 1.807) is 21.3 Å². The lowest BCUT2D eigenvalue weighted by Crippen LogP contribution is -2.11. The van der Waals surface area contributed by atoms with Crippen LogP contribution >= 0.6 is 12.2 Å². The molecule has 0 bridgehead atoms. The number of benzene rings is 1. The van der Waals surface area contributed by atoms with Gasteiger partial charge in [-0.15, -0.1) is 0 Å². The van der Waals surface area contributed by atoms with Crippen LogP contribution in [0.3, 0.4) is 0 Å². The van der Waals surface area contributed by atoms with Crippen LogP contribution in [0.25, 0.3) is 0 Å². The molecule has 0 aliphatic rings. The van der Waals surface area contributed by atoms with Crippen LogP contribution in [0.15, 0.2) is 24.3 Å². The van der Waals surface area contributed by atoms with E-state index < -0.39 is 0 Å². The summed E-state index contributed by atoms with van der Waals surface area (Å²) in [6.07, 6.45) is 22.5. The molecule has 0 atom stereocenters. The van der Waals surface area contributed by atoms with Crippen molar-refractivity contribution in [1.82, 2.24) is 0 Å². The fourth-order valence-corrected chi connectivity index (χ4v) is 3.93. The van der Waals surface area contributed by atoms with Gasteiger partial charge in [-0.05, 0) is 38.5 Å². The fourth-order valence-electron chi connectivity index (χ4n) is 3.69. The van der Waals surface area contributed by atoms with Crippen LogP contribution in [0.1, 0.15) is 96.8 Å². The molecular weight excluding hydrogens is 418 g/mol. The first-order chi connectivity index (χ1) is 15.7. The van der Waals surface area contributed by atoms with E-state index >= 15 is 0 Å². The van der Waals surface area contributed by atoms with Crippen molar-refractivity contribution in [3.8, 4) is 17.2 Å². The van der Waals surface area contributed by atoms with Gasteiger partial charge >= 0.3 is 0 Å². The van der Waals surface area contributed by atoms with E-state index in [-0.39, 0.29) is 0 Å². The monoisotopic (exact) mass is 463 g/mol. The number of thiocarbonyl (C=S) groups is 1. The molecule has 1 aromatic rings. The highest BCUT2D eigenvalue weighted by molar-refractivity contribution is 7.80. The van der Waals surface area contributed by atoms with E-state index in [1.165, 1.54) is 77.0 Å². The van der Waals surface area contributed by atoms with Crippen LogP contribution in [-0.2, 0) is 0 Å². The molecule has 182 valence electrons. The minimum absolute atomic E-state index is 0.660. The van der Waals surface area contributed by atoms with Gasteiger partial charge in [-0.25, -0.2) is 0 Å². The van der Waals surface area contributed by atoms with Gasteiger partial charge in [0, 0.05) is 12.1 Å². The Morgan fingerprint density at radius 2 is 1.25 bits per heavy atom. The molecule has 0 saturated heterocycles. The average Bonchev–Trinajstić information content (AvgIpc) is 2.81. The van der Waals surface area contributed by atoms with Gasteiger partial charge in [-0.1, -0.05) is 82.7 Å². The minimum Gasteiger partial charge on any atom is -0.496 e. The predicted molar refractivity (Wildman–Crippen MR) is 142 cm³/mol. The highest BCUT2D eigenvalue weighted by atomic mass is 32.1. The first kappa shape index (κ1) is 28.3. The maximum absolute atomic E-state index is 5.55. The zero-order chi connectivity index (χ0) is 23.4. The van der Waals surface area contributed by atoms with Gasteiger partial charge in [0.05, 0.1) is 26.3 Å². The average molecular weight is 464 g/mol. The molecule has 0 amide bonds. The first-order valence-electron chi connectivity index (χ1n) is 12.4. The van der Waals surface area contributed by atoms with Gasteiger partial charge in [-0.3, -0.25) is 0 Å². The molecule has 0 saturated carbocycles. The van der Waals surface area contributed by atoms with Gasteiger partial charge in [0.2, 0.25) is 0 Å². The Morgan fingerprint density at radius 3 is 1.75 bits per heavy atom. The Kier molecular flexibility index (Phi) is 16.6. The molecule has 0 aromatic heterocycles. The lowest BCUT2D eigenvalue weighted by atomic mass is 10.1. The number of methoxy groups -OCH3 is 3. The third kappa shape index (κ3) is 12.3. The number of nitrogens with one attached hydrogen (secondary N) is 1. The van der Waals surface area contributed by atoms with Gasteiger partial charge in [0.1, 0.15) is 22.9 Å². The van der Waals surface area contributed by atoms with Crippen molar-refractivity contribution in [1.29, 1.82) is 0 Å². The van der Waals surface area contributed by atoms with E-state index in [1.807, 2.05) is 12.1 Å². The van der Waals surface area contributed by atoms with Crippen LogP contribution in [0, 0.1) is 0 Å². The van der Waals surface area contributed by atoms with Gasteiger partial charge < -0.3 is 19.5 Å². The van der Waals surface area contributed by atoms with Crippen molar-refractivity contribution in [2.24, 2.45) is 0 Å². The molecule has 5 heteroatoms. The summed E-state index contributed by atoms with van der Waals surface area (Å²) in [6, 6.07) is 3.66. The number of allylic oxidation sites excluding steroid dienone is 2. The van der Waals surface area contributed by atoms with Crippen molar-refractivity contribution in [2.45, 2.75) is 96.8 Å². The molecule has 1 aromatic carbocycles. The zero-order valence-corrected chi connectivity index (χ0v) is 21.7. The summed E-state index contributed by atoms with van der Waals surface area (Å²) in [5, 5.41) is 3.30. The zero-order valence-electron chi connectivity index (χ0n) is 20.8. The topological polar surface area (TPSA) is 39.7 Å². The summed E-state index contributed by atoms with van der Waals surface area (Å²) in [6.45, 7) is 2.27. The van der Waals surface area contributed by atoms with Crippen molar-refractivity contribution in [2.75, 3.05) is 26.6 Å². The Labute approximate surface area is 202 Å². The smallest absolute Gasteiger partial charge is 0.149 e. The summed E-state index contributed by atoms with van der Waals surface area (Å²) in [5.41, 5.74) is 0.758. The van der Waals surface area contributed by atoms with E-state index in [4.69, 9.17) is 26.4 Å². The largest absolute Gasteiger partial charge is 0.496 e. The Balaban J connectivity index is 2.13. The molecule has 0 fully saturated rings. The number of anilines is 1. The van der Waals surface area contributed by atoms with Crippen molar-refractivity contribution < 1.29 is 14.2 Å². The van der Waals surface area contributed by atoms with Gasteiger partial charge in [0.15, 0.2) is 0 Å². The van der Waals surface area contributed by atoms with Crippen molar-refractivity contribution >= 4 is 22.9 Å². The molecule has 0 aliphatic carbocycles. The number of hydrogen-bond donors (Lipinski definition) is 1. The van der Waals surface area contributed by atoms with E-state index in [2.05, 4.69) is 24.4 Å². The normalized spacial score (nSPS) is 11.0. The van der Waals surface area contributed by atoms with E-state index in [9.17, 15) is 0 Å². The molecule has 0 aliphatic heterocycles. The Hall–Kier alpha value is -1.75. The summed E-state index contributed by atoms with van der Waals surface area (Å²) >= 11 is 5.55. The van der Waals surface area contributed by atoms with Gasteiger partial charge in [0.25, 0.3) is 0 Å². The van der Waals surface area contributed by atoms with Crippen molar-refractivity contribution in [3.63, 3.8) is 0 Å². The van der Waals surface area contributed by atoms with Crippen molar-refractivity contribution in [3.05, 3.63) is 24.3 Å². The predicted octanol–water partition coefficient (Wildman–Crippen LogP) is 8.49. The second kappa shape index (κ2) is 18.8. The quantitative estimate of drug-likeness (QED) is 0.126. The fraction of sp³-hybridized carbons (Fsp3) is 0.667. The van der Waals surface area contributed by atoms with E-state index in [0.29, 0.717) is 17.2 Å². The minimum atomic E-state index is 0.660. The number of unbranched alkanes of at least 4 members (excludes halogenated alkanes) is 11. The first-order valence-corrected chi connectivity index (χ1v) is 12.8. The summed E-state index contributed by atoms with van der Waals surface area (Å²) < 4.78 is 16.2. The molecule has 0 spiro atoms. The highest BCUT2D eigenvalue weighted by Gasteiger charge is 2.14. The Morgan fingerprint density at radius 1 is 0.750 bits per heavy atom. The Bertz CT molecular complexity index is 635. The van der Waals surface area contributed by atoms with Crippen LogP contribution in [0.5, 0.6) is 17.2 Å². The lowest BCUT2D eigenvalue weighted by molar-refractivity contribution is 0.378. The number of ether oxygens (including phenoxy) is 3. The molecule has 4 nitrogen and oxygen atoms in total. The molecule has 0 unspecified atom stereocenters. The van der Waals surface area contributed by atoms with Gasteiger partial charge in [-0.2, -0.15) is 0 Å². The SMILES string of the molecule is CCCCCCCC/C=C\CCCCCCCC(=S)Nc1c(OC)cc(OC)cc1OC. The second-order valence-electron chi connectivity index (χ2n) is 8.29. The standard InChI is InChI=1S/C27H45NO3S/c1-5-6-7-8-9-10-11-12-13-14-15-16-17-18-19-20-26(32)28-27-24(30-3)21-23(29-2)22-25(27)31-4/h12-13,21-22H,5-11,14-20H2,1-4H3,(H,28,32)/b13-12-. The van der Waals surface area contributed by atoms with Crippen LogP contribution in [0.4, 0.5) is 5.69 Å². The molecule has 1 rings (SSSR count). The second-order valence-corrected chi connectivity index (χ2v) is 8.78. The molecule has 1 N–H and O–H groups in total. The number of hydrogen-bond acceptors (Lipinski definition) is 4. The molecule has 32 heavy (non-hydrogen) atoms. The molecule has 0 heterocycles. The maximum Gasteiger partial charge on any atom is 0.149 e. The van der Waals surface area contributed by atoms with Crippen LogP contribution < -0.4 is 19.5 Å². The highest BCUT2D eigenvalue weighted by Crippen LogP contribution is 2.39. The third-order valence-corrected chi connectivity index (χ3v) is 5.95. The van der Waals surface area contributed by atoms with Crippen LogP contribution in [0.2, 0.25) is 0 Å². The summed E-state index contributed by atoms with van der Waals surface area (Å²) in [5.74, 6) is 2.01. The summed E-state index contributed by atoms with van der Waals surface area (Å²) in [4.78, 5) is 0.810. The molecule has 0 radical (unpaired) electrons. The lowest BCUT2D eigenvalue weighted by Gasteiger charge is -2.17. The maximum atomic E-state index is 5.55. The van der Waals surface area contributed by atoms with Crippen LogP contribution in [-0.4, -0.2) is 26.3 Å².